The Kier molecular flexibility index (Phi) is 7.22. The molecule has 0 bridgehead atoms. The van der Waals surface area contributed by atoms with Gasteiger partial charge in [-0.05, 0) is 31.5 Å². The molecule has 0 radical (unpaired) electrons. The summed E-state index contributed by atoms with van der Waals surface area (Å²) in [5, 5.41) is 3.00. The van der Waals surface area contributed by atoms with Gasteiger partial charge in [0.2, 0.25) is 0 Å². The zero-order valence-electron chi connectivity index (χ0n) is 18.9. The number of rotatable bonds is 10. The Balaban J connectivity index is 1.98. The highest BCUT2D eigenvalue weighted by Crippen LogP contribution is 2.38. The highest BCUT2D eigenvalue weighted by atomic mass is 16.5. The number of benzene rings is 1. The van der Waals surface area contributed by atoms with Crippen LogP contribution in [0.25, 0.3) is 0 Å². The van der Waals surface area contributed by atoms with E-state index in [1.165, 1.54) is 4.90 Å². The predicted molar refractivity (Wildman–Crippen MR) is 118 cm³/mol. The van der Waals surface area contributed by atoms with Crippen LogP contribution in [0.1, 0.15) is 25.5 Å². The van der Waals surface area contributed by atoms with Crippen molar-refractivity contribution in [2.24, 2.45) is 0 Å². The quantitative estimate of drug-likeness (QED) is 0.544. The summed E-state index contributed by atoms with van der Waals surface area (Å²) in [6.45, 7) is 12.4. The Bertz CT molecular complexity index is 856. The Morgan fingerprint density at radius 3 is 2.35 bits per heavy atom. The van der Waals surface area contributed by atoms with Crippen LogP contribution in [0.4, 0.5) is 4.79 Å². The maximum absolute atomic E-state index is 13.5. The number of nitrogens with zero attached hydrogens (tertiary/aromatic N) is 2. The van der Waals surface area contributed by atoms with Crippen LogP contribution in [0.15, 0.2) is 42.1 Å². The number of methoxy groups -OCH3 is 2. The Morgan fingerprint density at radius 2 is 1.81 bits per heavy atom. The van der Waals surface area contributed by atoms with Gasteiger partial charge in [-0.15, -0.1) is 6.58 Å². The van der Waals surface area contributed by atoms with Crippen molar-refractivity contribution in [1.29, 1.82) is 0 Å². The fourth-order valence-electron chi connectivity index (χ4n) is 4.19. The molecule has 1 atom stereocenters. The summed E-state index contributed by atoms with van der Waals surface area (Å²) in [5.74, 6) is 1.17. The molecule has 0 aliphatic carbocycles. The number of hydrogen-bond acceptors (Lipinski definition) is 4. The van der Waals surface area contributed by atoms with Crippen LogP contribution >= 0.6 is 0 Å². The summed E-state index contributed by atoms with van der Waals surface area (Å²) in [7, 11) is 3.15. The maximum atomic E-state index is 13.5. The van der Waals surface area contributed by atoms with E-state index in [1.54, 1.807) is 31.3 Å². The van der Waals surface area contributed by atoms with Crippen molar-refractivity contribution in [1.82, 2.24) is 15.1 Å². The monoisotopic (exact) mass is 429 g/mol. The second kappa shape index (κ2) is 9.87. The lowest BCUT2D eigenvalue weighted by molar-refractivity contribution is -0.895. The smallest absolute Gasteiger partial charge is 0.322 e. The Morgan fingerprint density at radius 1 is 1.16 bits per heavy atom. The SMILES string of the molecule is C=CCN1C(=O)N[C@H](c2cc(OC)cc(OC)c2)C2=C1CN(CC[NH+](CC)CC)C2=O. The van der Waals surface area contributed by atoms with Crippen molar-refractivity contribution < 1.29 is 24.0 Å². The molecule has 2 aliphatic heterocycles. The maximum Gasteiger partial charge on any atom is 0.322 e. The molecule has 2 heterocycles. The molecule has 31 heavy (non-hydrogen) atoms. The second-order valence-electron chi connectivity index (χ2n) is 7.72. The predicted octanol–water partition coefficient (Wildman–Crippen LogP) is 0.977. The third-order valence-corrected chi connectivity index (χ3v) is 6.05. The molecule has 2 N–H and O–H groups in total. The van der Waals surface area contributed by atoms with E-state index in [0.29, 0.717) is 36.7 Å². The highest BCUT2D eigenvalue weighted by molar-refractivity contribution is 6.01. The lowest BCUT2D eigenvalue weighted by Crippen LogP contribution is -3.12. The van der Waals surface area contributed by atoms with Gasteiger partial charge in [-0.25, -0.2) is 4.79 Å². The van der Waals surface area contributed by atoms with E-state index in [2.05, 4.69) is 25.7 Å². The summed E-state index contributed by atoms with van der Waals surface area (Å²) >= 11 is 0. The van der Waals surface area contributed by atoms with Crippen LogP contribution in [0.5, 0.6) is 11.5 Å². The normalized spacial score (nSPS) is 18.4. The van der Waals surface area contributed by atoms with Crippen LogP contribution in [0, 0.1) is 0 Å². The van der Waals surface area contributed by atoms with Gasteiger partial charge in [-0.1, -0.05) is 6.08 Å². The van der Waals surface area contributed by atoms with E-state index in [1.807, 2.05) is 17.0 Å². The summed E-state index contributed by atoms with van der Waals surface area (Å²) < 4.78 is 10.8. The first-order valence-electron chi connectivity index (χ1n) is 10.7. The molecular weight excluding hydrogens is 396 g/mol. The number of urea groups is 1. The summed E-state index contributed by atoms with van der Waals surface area (Å²) in [6, 6.07) is 4.62. The van der Waals surface area contributed by atoms with Crippen molar-refractivity contribution in [3.63, 3.8) is 0 Å². The van der Waals surface area contributed by atoms with E-state index in [-0.39, 0.29) is 11.9 Å². The van der Waals surface area contributed by atoms with Gasteiger partial charge in [0, 0.05) is 12.6 Å². The molecule has 0 saturated heterocycles. The molecule has 0 saturated carbocycles. The van der Waals surface area contributed by atoms with E-state index >= 15 is 0 Å². The fourth-order valence-corrected chi connectivity index (χ4v) is 4.19. The van der Waals surface area contributed by atoms with Crippen molar-refractivity contribution >= 4 is 11.9 Å². The summed E-state index contributed by atoms with van der Waals surface area (Å²) in [4.78, 5) is 31.3. The van der Waals surface area contributed by atoms with Gasteiger partial charge >= 0.3 is 6.03 Å². The van der Waals surface area contributed by atoms with Crippen molar-refractivity contribution in [3.8, 4) is 11.5 Å². The fraction of sp³-hybridized carbons (Fsp3) is 0.478. The van der Waals surface area contributed by atoms with Crippen LogP contribution in [0.2, 0.25) is 0 Å². The van der Waals surface area contributed by atoms with Gasteiger partial charge < -0.3 is 24.6 Å². The Labute approximate surface area is 184 Å². The van der Waals surface area contributed by atoms with Crippen LogP contribution in [0.3, 0.4) is 0 Å². The molecule has 3 rings (SSSR count). The topological polar surface area (TPSA) is 75.6 Å². The van der Waals surface area contributed by atoms with Gasteiger partial charge in [0.1, 0.15) is 11.5 Å². The first kappa shape index (κ1) is 22.7. The molecule has 0 fully saturated rings. The van der Waals surface area contributed by atoms with Crippen LogP contribution in [-0.4, -0.2) is 75.2 Å². The molecule has 8 nitrogen and oxygen atoms in total. The number of hydrogen-bond donors (Lipinski definition) is 2. The molecule has 1 aromatic carbocycles. The molecular formula is C23H33N4O4+. The lowest BCUT2D eigenvalue weighted by Gasteiger charge is -2.33. The molecule has 0 unspecified atom stereocenters. The van der Waals surface area contributed by atoms with E-state index < -0.39 is 6.04 Å². The Hall–Kier alpha value is -3.00. The number of carbonyl (C=O) groups excluding carboxylic acids is 2. The number of ether oxygens (including phenoxy) is 2. The minimum atomic E-state index is -0.564. The minimum absolute atomic E-state index is 0.0394. The second-order valence-corrected chi connectivity index (χ2v) is 7.72. The standard InChI is InChI=1S/C23H32N4O4/c1-6-9-27-19-15-26(11-10-25(7-2)8-3)22(28)20(19)21(24-23(27)29)16-12-17(30-4)14-18(13-16)31-5/h6,12-14,21H,1,7-11,15H2,2-5H3,(H,24,29)/p+1/t21-/m1/s1. The number of carbonyl (C=O) groups is 2. The molecule has 168 valence electrons. The van der Waals surface area contributed by atoms with E-state index in [0.717, 1.165) is 30.9 Å². The van der Waals surface area contributed by atoms with Crippen LogP contribution in [-0.2, 0) is 4.79 Å². The lowest BCUT2D eigenvalue weighted by atomic mass is 9.95. The summed E-state index contributed by atoms with van der Waals surface area (Å²) in [5.41, 5.74) is 2.10. The third-order valence-electron chi connectivity index (χ3n) is 6.05. The molecule has 0 spiro atoms. The van der Waals surface area contributed by atoms with Crippen LogP contribution < -0.4 is 19.7 Å². The van der Waals surface area contributed by atoms with Crippen molar-refractivity contribution in [3.05, 3.63) is 47.7 Å². The van der Waals surface area contributed by atoms with Gasteiger partial charge in [-0.2, -0.15) is 0 Å². The molecule has 3 amide bonds. The molecule has 1 aromatic rings. The van der Waals surface area contributed by atoms with Gasteiger partial charge in [-0.3, -0.25) is 9.69 Å². The average molecular weight is 430 g/mol. The molecule has 0 aromatic heterocycles. The van der Waals surface area contributed by atoms with E-state index in [4.69, 9.17) is 9.47 Å². The zero-order valence-corrected chi connectivity index (χ0v) is 18.9. The van der Waals surface area contributed by atoms with Gasteiger partial charge in [0.15, 0.2) is 0 Å². The highest BCUT2D eigenvalue weighted by Gasteiger charge is 2.44. The van der Waals surface area contributed by atoms with Crippen molar-refractivity contribution in [2.45, 2.75) is 19.9 Å². The minimum Gasteiger partial charge on any atom is -0.497 e. The molecule has 2 aliphatic rings. The number of likely N-dealkylation sites (N-methyl/N-ethyl adjacent to an activating group) is 1. The van der Waals surface area contributed by atoms with Gasteiger partial charge in [0.25, 0.3) is 5.91 Å². The first-order chi connectivity index (χ1) is 15.0. The van der Waals surface area contributed by atoms with E-state index in [9.17, 15) is 9.59 Å². The average Bonchev–Trinajstić information content (AvgIpc) is 3.12. The molecule has 8 heteroatoms. The van der Waals surface area contributed by atoms with Crippen molar-refractivity contribution in [2.75, 3.05) is 53.5 Å². The first-order valence-corrected chi connectivity index (χ1v) is 10.7. The number of nitrogens with one attached hydrogen (secondary N) is 2. The third kappa shape index (κ3) is 4.54. The zero-order chi connectivity index (χ0) is 22.5. The summed E-state index contributed by atoms with van der Waals surface area (Å²) in [6.07, 6.45) is 1.67. The number of quaternary nitrogens is 1. The number of amides is 3. The van der Waals surface area contributed by atoms with Gasteiger partial charge in [0.05, 0.1) is 64.3 Å². The largest absolute Gasteiger partial charge is 0.497 e.